The number of carbonyl (C=O) groups is 2. The van der Waals surface area contributed by atoms with Crippen LogP contribution in [-0.2, 0) is 9.53 Å². The third kappa shape index (κ3) is 4.48. The molecule has 1 N–H and O–H groups in total. The highest BCUT2D eigenvalue weighted by molar-refractivity contribution is 6.02. The predicted octanol–water partition coefficient (Wildman–Crippen LogP) is 4.04. The number of anilines is 1. The zero-order chi connectivity index (χ0) is 23.4. The smallest absolute Gasteiger partial charge is 0.337 e. The van der Waals surface area contributed by atoms with Crippen LogP contribution < -0.4 is 5.32 Å². The van der Waals surface area contributed by atoms with Crippen molar-refractivity contribution in [3.63, 3.8) is 0 Å². The molecule has 0 saturated heterocycles. The highest BCUT2D eigenvalue weighted by Gasteiger charge is 2.16. The summed E-state index contributed by atoms with van der Waals surface area (Å²) in [6.45, 7) is 1.97. The van der Waals surface area contributed by atoms with Gasteiger partial charge in [0.15, 0.2) is 11.6 Å². The van der Waals surface area contributed by atoms with Crippen LogP contribution in [-0.4, -0.2) is 33.8 Å². The molecule has 2 aromatic carbocycles. The Bertz CT molecular complexity index is 1430. The fourth-order valence-corrected chi connectivity index (χ4v) is 3.34. The summed E-state index contributed by atoms with van der Waals surface area (Å²) in [6, 6.07) is 18.2. The summed E-state index contributed by atoms with van der Waals surface area (Å²) in [7, 11) is 1.31. The number of aromatic nitrogens is 3. The van der Waals surface area contributed by atoms with Crippen LogP contribution in [0.4, 0.5) is 5.82 Å². The highest BCUT2D eigenvalue weighted by atomic mass is 16.5. The molecule has 33 heavy (non-hydrogen) atoms. The molecule has 0 atom stereocenters. The van der Waals surface area contributed by atoms with E-state index in [1.165, 1.54) is 24.1 Å². The van der Waals surface area contributed by atoms with Gasteiger partial charge < -0.3 is 10.1 Å². The van der Waals surface area contributed by atoms with Crippen molar-refractivity contribution < 1.29 is 14.3 Å². The largest absolute Gasteiger partial charge is 0.465 e. The lowest BCUT2D eigenvalue weighted by atomic mass is 10.1. The number of carbonyl (C=O) groups excluding carboxylic acids is 2. The van der Waals surface area contributed by atoms with Gasteiger partial charge in [0.25, 0.3) is 0 Å². The lowest BCUT2D eigenvalue weighted by Crippen LogP contribution is -2.14. The van der Waals surface area contributed by atoms with Crippen molar-refractivity contribution in [3.05, 3.63) is 89.1 Å². The Labute approximate surface area is 189 Å². The number of rotatable bonds is 5. The van der Waals surface area contributed by atoms with Crippen molar-refractivity contribution >= 4 is 34.7 Å². The van der Waals surface area contributed by atoms with Gasteiger partial charge >= 0.3 is 5.97 Å². The fraction of sp³-hybridized carbons (Fsp3) is 0.0800. The van der Waals surface area contributed by atoms with Crippen molar-refractivity contribution in [1.29, 1.82) is 5.26 Å². The van der Waals surface area contributed by atoms with Gasteiger partial charge in [0.05, 0.1) is 24.4 Å². The summed E-state index contributed by atoms with van der Waals surface area (Å²) in [5, 5.41) is 17.5. The first kappa shape index (κ1) is 21.5. The maximum Gasteiger partial charge on any atom is 0.337 e. The monoisotopic (exact) mass is 437 g/mol. The van der Waals surface area contributed by atoms with E-state index < -0.39 is 11.9 Å². The van der Waals surface area contributed by atoms with Gasteiger partial charge in [-0.2, -0.15) is 15.0 Å². The number of benzene rings is 2. The molecular weight excluding hydrogens is 418 g/mol. The van der Waals surface area contributed by atoms with Crippen LogP contribution in [0.2, 0.25) is 0 Å². The number of para-hydroxylation sites is 1. The zero-order valence-corrected chi connectivity index (χ0v) is 17.9. The molecule has 162 valence electrons. The Morgan fingerprint density at radius 2 is 1.91 bits per heavy atom. The summed E-state index contributed by atoms with van der Waals surface area (Å²) in [4.78, 5) is 28.7. The van der Waals surface area contributed by atoms with Crippen LogP contribution in [0.15, 0.2) is 66.9 Å². The van der Waals surface area contributed by atoms with Crippen molar-refractivity contribution in [3.8, 4) is 11.9 Å². The van der Waals surface area contributed by atoms with Gasteiger partial charge in [-0.25, -0.2) is 9.78 Å². The molecule has 1 amide bonds. The summed E-state index contributed by atoms with van der Waals surface area (Å²) in [5.41, 5.74) is 3.14. The summed E-state index contributed by atoms with van der Waals surface area (Å²) in [6.07, 6.45) is 4.32. The molecule has 0 aliphatic rings. The molecule has 8 nitrogen and oxygen atoms in total. The van der Waals surface area contributed by atoms with Gasteiger partial charge in [-0.3, -0.25) is 4.79 Å². The molecule has 0 bridgehead atoms. The second kappa shape index (κ2) is 9.16. The predicted molar refractivity (Wildman–Crippen MR) is 124 cm³/mol. The first-order valence-electron chi connectivity index (χ1n) is 10.0. The quantitative estimate of drug-likeness (QED) is 0.373. The Hall–Kier alpha value is -4.77. The van der Waals surface area contributed by atoms with Crippen LogP contribution in [0, 0.1) is 18.3 Å². The van der Waals surface area contributed by atoms with Gasteiger partial charge in [-0.1, -0.05) is 30.3 Å². The van der Waals surface area contributed by atoms with E-state index in [4.69, 9.17) is 0 Å². The van der Waals surface area contributed by atoms with Crippen LogP contribution in [0.5, 0.6) is 0 Å². The number of nitrogens with zero attached hydrogens (tertiary/aromatic N) is 4. The number of hydrogen-bond acceptors (Lipinski definition) is 6. The summed E-state index contributed by atoms with van der Waals surface area (Å²) >= 11 is 0. The van der Waals surface area contributed by atoms with Gasteiger partial charge in [-0.05, 0) is 48.4 Å². The van der Waals surface area contributed by atoms with Gasteiger partial charge in [0, 0.05) is 11.5 Å². The molecule has 4 aromatic rings. The fourth-order valence-electron chi connectivity index (χ4n) is 3.34. The number of fused-ring (bicyclic) bond motifs is 1. The third-order valence-electron chi connectivity index (χ3n) is 5.02. The minimum Gasteiger partial charge on any atom is -0.465 e. The molecule has 0 aliphatic heterocycles. The molecule has 0 fully saturated rings. The number of aryl methyl sites for hydroxylation is 1. The number of esters is 1. The standard InChI is InChI=1S/C25H19N5O3/c1-16-13-22(28-21-6-4-3-5-20(16)21)30-24(19(14-26)15-27-30)29-23(31)12-9-17-7-10-18(11-8-17)25(32)33-2/h3-13,15H,1-2H3,(H,29,31)/b12-9+. The maximum atomic E-state index is 12.6. The molecule has 0 aliphatic carbocycles. The maximum absolute atomic E-state index is 12.6. The van der Waals surface area contributed by atoms with Crippen molar-refractivity contribution in [2.75, 3.05) is 12.4 Å². The third-order valence-corrected chi connectivity index (χ3v) is 5.02. The number of nitriles is 1. The minimum atomic E-state index is -0.442. The van der Waals surface area contributed by atoms with Crippen LogP contribution in [0.25, 0.3) is 22.8 Å². The molecular formula is C25H19N5O3. The van der Waals surface area contributed by atoms with Gasteiger partial charge in [0.2, 0.25) is 5.91 Å². The van der Waals surface area contributed by atoms with Gasteiger partial charge in [0.1, 0.15) is 11.6 Å². The molecule has 0 radical (unpaired) electrons. The Morgan fingerprint density at radius 1 is 1.15 bits per heavy atom. The molecule has 2 aromatic heterocycles. The minimum absolute atomic E-state index is 0.215. The van der Waals surface area contributed by atoms with Crippen molar-refractivity contribution in [1.82, 2.24) is 14.8 Å². The Balaban J connectivity index is 1.59. The molecule has 0 unspecified atom stereocenters. The van der Waals surface area contributed by atoms with Gasteiger partial charge in [-0.15, -0.1) is 0 Å². The lowest BCUT2D eigenvalue weighted by molar-refractivity contribution is -0.111. The Morgan fingerprint density at radius 3 is 2.64 bits per heavy atom. The average molecular weight is 437 g/mol. The summed E-state index contributed by atoms with van der Waals surface area (Å²) in [5.74, 6) is -0.151. The van der Waals surface area contributed by atoms with E-state index in [0.717, 1.165) is 22.0 Å². The summed E-state index contributed by atoms with van der Waals surface area (Å²) < 4.78 is 6.11. The molecule has 4 rings (SSSR count). The Kier molecular flexibility index (Phi) is 5.96. The number of ether oxygens (including phenoxy) is 1. The van der Waals surface area contributed by atoms with Crippen molar-refractivity contribution in [2.24, 2.45) is 0 Å². The van der Waals surface area contributed by atoms with E-state index in [1.807, 2.05) is 43.3 Å². The normalized spacial score (nSPS) is 10.8. The van der Waals surface area contributed by atoms with E-state index in [9.17, 15) is 14.9 Å². The number of pyridine rings is 1. The van der Waals surface area contributed by atoms with E-state index in [1.54, 1.807) is 30.3 Å². The number of methoxy groups -OCH3 is 1. The first-order chi connectivity index (χ1) is 16.0. The molecule has 2 heterocycles. The average Bonchev–Trinajstić information content (AvgIpc) is 3.25. The van der Waals surface area contributed by atoms with E-state index in [2.05, 4.69) is 20.1 Å². The second-order valence-electron chi connectivity index (χ2n) is 7.18. The SMILES string of the molecule is COC(=O)c1ccc(/C=C/C(=O)Nc2c(C#N)cnn2-c2cc(C)c3ccccc3n2)cc1. The number of amides is 1. The topological polar surface area (TPSA) is 110 Å². The van der Waals surface area contributed by atoms with E-state index in [-0.39, 0.29) is 11.4 Å². The van der Waals surface area contributed by atoms with Crippen LogP contribution in [0.1, 0.15) is 27.0 Å². The zero-order valence-electron chi connectivity index (χ0n) is 17.9. The van der Waals surface area contributed by atoms with E-state index >= 15 is 0 Å². The van der Waals surface area contributed by atoms with Crippen LogP contribution in [0.3, 0.4) is 0 Å². The number of nitrogens with one attached hydrogen (secondary N) is 1. The molecule has 8 heteroatoms. The van der Waals surface area contributed by atoms with E-state index in [0.29, 0.717) is 11.4 Å². The highest BCUT2D eigenvalue weighted by Crippen LogP contribution is 2.23. The second-order valence-corrected chi connectivity index (χ2v) is 7.18. The number of hydrogen-bond donors (Lipinski definition) is 1. The van der Waals surface area contributed by atoms with Crippen LogP contribution >= 0.6 is 0 Å². The molecule has 0 saturated carbocycles. The molecule has 0 spiro atoms. The van der Waals surface area contributed by atoms with Crippen molar-refractivity contribution in [2.45, 2.75) is 6.92 Å². The lowest BCUT2D eigenvalue weighted by Gasteiger charge is -2.10. The first-order valence-corrected chi connectivity index (χ1v) is 10.0.